The quantitative estimate of drug-likeness (QED) is 0.630. The zero-order valence-corrected chi connectivity index (χ0v) is 17.4. The van der Waals surface area contributed by atoms with Crippen LogP contribution in [-0.2, 0) is 4.74 Å². The third-order valence-electron chi connectivity index (χ3n) is 5.45. The molecule has 2 aromatic carbocycles. The van der Waals surface area contributed by atoms with Crippen LogP contribution < -0.4 is 10.2 Å². The van der Waals surface area contributed by atoms with Gasteiger partial charge < -0.3 is 15.0 Å². The van der Waals surface area contributed by atoms with E-state index in [2.05, 4.69) is 15.3 Å². The Morgan fingerprint density at radius 1 is 1.10 bits per heavy atom. The highest BCUT2D eigenvalue weighted by Crippen LogP contribution is 2.31. The van der Waals surface area contributed by atoms with Gasteiger partial charge in [-0.15, -0.1) is 0 Å². The van der Waals surface area contributed by atoms with Gasteiger partial charge in [-0.2, -0.15) is 5.10 Å². The molecular formula is C23H23FN4O3. The summed E-state index contributed by atoms with van der Waals surface area (Å²) in [4.78, 5) is 27.3. The normalized spacial score (nSPS) is 13.3. The van der Waals surface area contributed by atoms with Gasteiger partial charge in [-0.3, -0.25) is 4.79 Å². The molecular weight excluding hydrogens is 399 g/mol. The number of anilines is 2. The van der Waals surface area contributed by atoms with E-state index in [1.54, 1.807) is 37.3 Å². The number of esters is 1. The van der Waals surface area contributed by atoms with E-state index in [4.69, 9.17) is 4.74 Å². The average molecular weight is 422 g/mol. The SMILES string of the molecule is COC(=O)c1ccc(N2CCCC2)c(NC(=O)c2cnn(-c3ccccc3F)c2C)c1. The lowest BCUT2D eigenvalue weighted by Gasteiger charge is -2.22. The fraction of sp³-hybridized carbons (Fsp3) is 0.261. The Hall–Kier alpha value is -3.68. The lowest BCUT2D eigenvalue weighted by atomic mass is 10.1. The second kappa shape index (κ2) is 8.59. The highest BCUT2D eigenvalue weighted by molar-refractivity contribution is 6.07. The number of benzene rings is 2. The van der Waals surface area contributed by atoms with Crippen molar-refractivity contribution in [3.8, 4) is 5.69 Å². The van der Waals surface area contributed by atoms with E-state index in [1.807, 2.05) is 6.07 Å². The third kappa shape index (κ3) is 4.01. The second-order valence-electron chi connectivity index (χ2n) is 7.38. The molecule has 0 radical (unpaired) electrons. The van der Waals surface area contributed by atoms with Crippen molar-refractivity contribution in [1.82, 2.24) is 9.78 Å². The molecule has 1 aromatic heterocycles. The van der Waals surface area contributed by atoms with Gasteiger partial charge in [0.1, 0.15) is 11.5 Å². The van der Waals surface area contributed by atoms with Gasteiger partial charge in [0.15, 0.2) is 0 Å². The zero-order chi connectivity index (χ0) is 22.0. The maximum atomic E-state index is 14.2. The molecule has 7 nitrogen and oxygen atoms in total. The molecule has 160 valence electrons. The van der Waals surface area contributed by atoms with Gasteiger partial charge in [0.25, 0.3) is 5.91 Å². The van der Waals surface area contributed by atoms with Gasteiger partial charge in [0, 0.05) is 13.1 Å². The van der Waals surface area contributed by atoms with Gasteiger partial charge in [0.05, 0.1) is 41.5 Å². The van der Waals surface area contributed by atoms with E-state index in [9.17, 15) is 14.0 Å². The van der Waals surface area contributed by atoms with Crippen molar-refractivity contribution in [3.05, 3.63) is 71.3 Å². The van der Waals surface area contributed by atoms with E-state index in [1.165, 1.54) is 24.1 Å². The third-order valence-corrected chi connectivity index (χ3v) is 5.45. The number of aromatic nitrogens is 2. The van der Waals surface area contributed by atoms with Crippen molar-refractivity contribution in [1.29, 1.82) is 0 Å². The summed E-state index contributed by atoms with van der Waals surface area (Å²) in [6, 6.07) is 11.4. The number of hydrogen-bond donors (Lipinski definition) is 1. The van der Waals surface area contributed by atoms with E-state index < -0.39 is 11.8 Å². The summed E-state index contributed by atoms with van der Waals surface area (Å²) in [7, 11) is 1.31. The molecule has 4 rings (SSSR count). The minimum absolute atomic E-state index is 0.268. The van der Waals surface area contributed by atoms with Gasteiger partial charge >= 0.3 is 5.97 Å². The van der Waals surface area contributed by atoms with Crippen molar-refractivity contribution in [3.63, 3.8) is 0 Å². The number of amides is 1. The fourth-order valence-electron chi connectivity index (χ4n) is 3.80. The summed E-state index contributed by atoms with van der Waals surface area (Å²) in [5, 5.41) is 7.11. The predicted octanol–water partition coefficient (Wildman–Crippen LogP) is 3.96. The maximum absolute atomic E-state index is 14.2. The predicted molar refractivity (Wildman–Crippen MR) is 115 cm³/mol. The Labute approximate surface area is 179 Å². The zero-order valence-electron chi connectivity index (χ0n) is 17.4. The maximum Gasteiger partial charge on any atom is 0.337 e. The average Bonchev–Trinajstić information content (AvgIpc) is 3.43. The molecule has 0 unspecified atom stereocenters. The molecule has 1 N–H and O–H groups in total. The molecule has 1 aliphatic rings. The molecule has 3 aromatic rings. The summed E-state index contributed by atoms with van der Waals surface area (Å²) < 4.78 is 20.4. The monoisotopic (exact) mass is 422 g/mol. The van der Waals surface area contributed by atoms with E-state index in [0.29, 0.717) is 22.5 Å². The number of hydrogen-bond acceptors (Lipinski definition) is 5. The first-order chi connectivity index (χ1) is 15.0. The lowest BCUT2D eigenvalue weighted by molar-refractivity contribution is 0.0600. The number of para-hydroxylation sites is 1. The number of halogens is 1. The summed E-state index contributed by atoms with van der Waals surface area (Å²) in [6.07, 6.45) is 3.55. The molecule has 0 bridgehead atoms. The minimum atomic E-state index is -0.480. The van der Waals surface area contributed by atoms with Crippen LogP contribution in [0, 0.1) is 12.7 Å². The van der Waals surface area contributed by atoms with Crippen LogP contribution in [0.25, 0.3) is 5.69 Å². The second-order valence-corrected chi connectivity index (χ2v) is 7.38. The van der Waals surface area contributed by atoms with Crippen LogP contribution >= 0.6 is 0 Å². The first kappa shape index (κ1) is 20.6. The number of nitrogens with zero attached hydrogens (tertiary/aromatic N) is 3. The van der Waals surface area contributed by atoms with Gasteiger partial charge in [-0.25, -0.2) is 13.9 Å². The topological polar surface area (TPSA) is 76.5 Å². The van der Waals surface area contributed by atoms with Crippen LogP contribution in [0.1, 0.15) is 39.3 Å². The largest absolute Gasteiger partial charge is 0.465 e. The van der Waals surface area contributed by atoms with Crippen LogP contribution in [0.3, 0.4) is 0 Å². The Morgan fingerprint density at radius 2 is 1.84 bits per heavy atom. The molecule has 8 heteroatoms. The van der Waals surface area contributed by atoms with Crippen LogP contribution in [-0.4, -0.2) is 41.9 Å². The van der Waals surface area contributed by atoms with Gasteiger partial charge in [-0.05, 0) is 50.1 Å². The molecule has 0 atom stereocenters. The van der Waals surface area contributed by atoms with E-state index in [0.717, 1.165) is 31.6 Å². The first-order valence-electron chi connectivity index (χ1n) is 10.1. The Kier molecular flexibility index (Phi) is 5.70. The van der Waals surface area contributed by atoms with Crippen LogP contribution in [0.15, 0.2) is 48.7 Å². The van der Waals surface area contributed by atoms with E-state index >= 15 is 0 Å². The number of methoxy groups -OCH3 is 1. The van der Waals surface area contributed by atoms with Crippen molar-refractivity contribution in [2.45, 2.75) is 19.8 Å². The van der Waals surface area contributed by atoms with Crippen LogP contribution in [0.2, 0.25) is 0 Å². The lowest BCUT2D eigenvalue weighted by Crippen LogP contribution is -2.22. The highest BCUT2D eigenvalue weighted by Gasteiger charge is 2.22. The smallest absolute Gasteiger partial charge is 0.337 e. The standard InChI is InChI=1S/C23H23FN4O3/c1-15-17(14-25-28(15)20-8-4-3-7-18(20)24)22(29)26-19-13-16(23(30)31-2)9-10-21(19)27-11-5-6-12-27/h3-4,7-10,13-14H,5-6,11-12H2,1-2H3,(H,26,29). The van der Waals surface area contributed by atoms with Gasteiger partial charge in [0.2, 0.25) is 0 Å². The number of carbonyl (C=O) groups is 2. The van der Waals surface area contributed by atoms with Crippen molar-refractivity contribution < 1.29 is 18.7 Å². The number of nitrogens with one attached hydrogen (secondary N) is 1. The molecule has 1 aliphatic heterocycles. The minimum Gasteiger partial charge on any atom is -0.465 e. The molecule has 1 saturated heterocycles. The van der Waals surface area contributed by atoms with Crippen LogP contribution in [0.5, 0.6) is 0 Å². The first-order valence-corrected chi connectivity index (χ1v) is 10.1. The summed E-state index contributed by atoms with van der Waals surface area (Å²) in [5.41, 5.74) is 2.81. The summed E-state index contributed by atoms with van der Waals surface area (Å²) in [5.74, 6) is -1.29. The molecule has 0 spiro atoms. The highest BCUT2D eigenvalue weighted by atomic mass is 19.1. The van der Waals surface area contributed by atoms with E-state index in [-0.39, 0.29) is 11.6 Å². The Bertz CT molecular complexity index is 1140. The summed E-state index contributed by atoms with van der Waals surface area (Å²) >= 11 is 0. The molecule has 0 saturated carbocycles. The number of rotatable bonds is 5. The fourth-order valence-corrected chi connectivity index (χ4v) is 3.80. The molecule has 1 fully saturated rings. The molecule has 2 heterocycles. The molecule has 1 amide bonds. The van der Waals surface area contributed by atoms with Crippen molar-refractivity contribution in [2.75, 3.05) is 30.4 Å². The van der Waals surface area contributed by atoms with Crippen molar-refractivity contribution in [2.24, 2.45) is 0 Å². The van der Waals surface area contributed by atoms with Crippen LogP contribution in [0.4, 0.5) is 15.8 Å². The molecule has 0 aliphatic carbocycles. The number of ether oxygens (including phenoxy) is 1. The summed E-state index contributed by atoms with van der Waals surface area (Å²) in [6.45, 7) is 3.47. The Balaban J connectivity index is 1.67. The molecule has 31 heavy (non-hydrogen) atoms. The van der Waals surface area contributed by atoms with Gasteiger partial charge in [-0.1, -0.05) is 12.1 Å². The van der Waals surface area contributed by atoms with Crippen molar-refractivity contribution >= 4 is 23.3 Å². The Morgan fingerprint density at radius 3 is 2.55 bits per heavy atom. The number of carbonyl (C=O) groups excluding carboxylic acids is 2.